The van der Waals surface area contributed by atoms with E-state index in [1.807, 2.05) is 20.0 Å². The first-order valence-corrected chi connectivity index (χ1v) is 6.76. The van der Waals surface area contributed by atoms with Crippen molar-refractivity contribution in [3.05, 3.63) is 11.8 Å². The van der Waals surface area contributed by atoms with Gasteiger partial charge in [-0.15, -0.1) is 0 Å². The molecule has 2 heteroatoms. The second kappa shape index (κ2) is 12.6. The molecule has 0 aromatic heterocycles. The molecule has 98 valence electrons. The smallest absolute Gasteiger partial charge is 0.0117 e. The standard InChI is InChI=1S/C12H26N2.C2H6/c1-5-11(4)12(9-14-13)8-6-7-10(2)3;1-2/h9-11,14H,5-8,13H2,1-4H3;1-2H3/b12-9-;. The number of hydrogen-bond acceptors (Lipinski definition) is 2. The predicted molar refractivity (Wildman–Crippen MR) is 74.9 cm³/mol. The van der Waals surface area contributed by atoms with Gasteiger partial charge < -0.3 is 5.43 Å². The van der Waals surface area contributed by atoms with Crippen LogP contribution in [0, 0.1) is 11.8 Å². The highest BCUT2D eigenvalue weighted by molar-refractivity contribution is 5.03. The van der Waals surface area contributed by atoms with E-state index in [0.717, 1.165) is 5.92 Å². The molecule has 3 N–H and O–H groups in total. The summed E-state index contributed by atoms with van der Waals surface area (Å²) in [5, 5.41) is 0. The molecule has 0 rings (SSSR count). The summed E-state index contributed by atoms with van der Waals surface area (Å²) >= 11 is 0. The molecule has 0 radical (unpaired) electrons. The van der Waals surface area contributed by atoms with Gasteiger partial charge in [0.05, 0.1) is 0 Å². The molecule has 0 saturated heterocycles. The predicted octanol–water partition coefficient (Wildman–Crippen LogP) is 4.23. The van der Waals surface area contributed by atoms with Gasteiger partial charge in [0.25, 0.3) is 0 Å². The molecule has 0 saturated carbocycles. The molecule has 0 aromatic rings. The summed E-state index contributed by atoms with van der Waals surface area (Å²) in [4.78, 5) is 0. The Balaban J connectivity index is 0. The first-order chi connectivity index (χ1) is 7.61. The maximum atomic E-state index is 5.33. The lowest BCUT2D eigenvalue weighted by atomic mass is 9.93. The topological polar surface area (TPSA) is 38.0 Å². The van der Waals surface area contributed by atoms with Crippen LogP contribution in [-0.4, -0.2) is 0 Å². The van der Waals surface area contributed by atoms with Crippen LogP contribution in [0.15, 0.2) is 11.8 Å². The zero-order chi connectivity index (χ0) is 13.0. The van der Waals surface area contributed by atoms with Crippen LogP contribution in [0.2, 0.25) is 0 Å². The summed E-state index contributed by atoms with van der Waals surface area (Å²) in [7, 11) is 0. The molecule has 16 heavy (non-hydrogen) atoms. The molecule has 0 aliphatic carbocycles. The van der Waals surface area contributed by atoms with Crippen molar-refractivity contribution in [3.63, 3.8) is 0 Å². The zero-order valence-corrected chi connectivity index (χ0v) is 12.1. The summed E-state index contributed by atoms with van der Waals surface area (Å²) in [6.45, 7) is 13.0. The van der Waals surface area contributed by atoms with E-state index in [2.05, 4.69) is 33.1 Å². The van der Waals surface area contributed by atoms with Crippen molar-refractivity contribution in [1.82, 2.24) is 5.43 Å². The van der Waals surface area contributed by atoms with E-state index < -0.39 is 0 Å². The fourth-order valence-electron chi connectivity index (χ4n) is 1.54. The average Bonchev–Trinajstić information content (AvgIpc) is 2.29. The van der Waals surface area contributed by atoms with Gasteiger partial charge in [-0.2, -0.15) is 0 Å². The van der Waals surface area contributed by atoms with Crippen molar-refractivity contribution in [1.29, 1.82) is 0 Å². The molecule has 0 bridgehead atoms. The third kappa shape index (κ3) is 10.0. The Morgan fingerprint density at radius 3 is 2.19 bits per heavy atom. The Labute approximate surface area is 103 Å². The van der Waals surface area contributed by atoms with Crippen LogP contribution in [0.25, 0.3) is 0 Å². The van der Waals surface area contributed by atoms with E-state index >= 15 is 0 Å². The minimum absolute atomic E-state index is 0.651. The lowest BCUT2D eigenvalue weighted by molar-refractivity contribution is 0.528. The van der Waals surface area contributed by atoms with E-state index in [4.69, 9.17) is 5.84 Å². The van der Waals surface area contributed by atoms with Crippen LogP contribution in [0.1, 0.15) is 67.2 Å². The van der Waals surface area contributed by atoms with Gasteiger partial charge >= 0.3 is 0 Å². The molecule has 0 aromatic carbocycles. The highest BCUT2D eigenvalue weighted by atomic mass is 15.2. The molecule has 0 aliphatic rings. The molecular weight excluding hydrogens is 196 g/mol. The zero-order valence-electron chi connectivity index (χ0n) is 12.1. The first kappa shape index (κ1) is 17.9. The Kier molecular flexibility index (Phi) is 14.0. The number of nitrogens with one attached hydrogen (secondary N) is 1. The number of rotatable bonds is 7. The maximum absolute atomic E-state index is 5.33. The summed E-state index contributed by atoms with van der Waals surface area (Å²) in [6, 6.07) is 0. The van der Waals surface area contributed by atoms with Gasteiger partial charge in [-0.05, 0) is 31.1 Å². The normalized spacial score (nSPS) is 13.1. The molecule has 2 nitrogen and oxygen atoms in total. The fourth-order valence-corrected chi connectivity index (χ4v) is 1.54. The first-order valence-electron chi connectivity index (χ1n) is 6.76. The van der Waals surface area contributed by atoms with E-state index in [0.29, 0.717) is 5.92 Å². The molecule has 0 amide bonds. The minimum atomic E-state index is 0.651. The maximum Gasteiger partial charge on any atom is 0.0117 e. The van der Waals surface area contributed by atoms with Gasteiger partial charge in [-0.3, -0.25) is 5.84 Å². The third-order valence-corrected chi connectivity index (χ3v) is 2.76. The van der Waals surface area contributed by atoms with Crippen LogP contribution in [0.3, 0.4) is 0 Å². The van der Waals surface area contributed by atoms with E-state index in [1.54, 1.807) is 0 Å². The number of hydrogen-bond donors (Lipinski definition) is 2. The van der Waals surface area contributed by atoms with Gasteiger partial charge in [0.15, 0.2) is 0 Å². The SMILES string of the molecule is CC.CCC(C)/C(=C\NN)CCCC(C)C. The van der Waals surface area contributed by atoms with Crippen LogP contribution in [0.5, 0.6) is 0 Å². The highest BCUT2D eigenvalue weighted by Gasteiger charge is 2.06. The van der Waals surface area contributed by atoms with Crippen LogP contribution >= 0.6 is 0 Å². The highest BCUT2D eigenvalue weighted by Crippen LogP contribution is 2.20. The van der Waals surface area contributed by atoms with Gasteiger partial charge in [0.2, 0.25) is 0 Å². The summed E-state index contributed by atoms with van der Waals surface area (Å²) < 4.78 is 0. The average molecular weight is 228 g/mol. The van der Waals surface area contributed by atoms with Crippen molar-refractivity contribution in [2.45, 2.75) is 67.2 Å². The Hall–Kier alpha value is -0.500. The van der Waals surface area contributed by atoms with Gasteiger partial charge in [-0.25, -0.2) is 0 Å². The second-order valence-corrected chi connectivity index (χ2v) is 4.48. The lowest BCUT2D eigenvalue weighted by Crippen LogP contribution is -2.16. The number of hydrazine groups is 1. The summed E-state index contributed by atoms with van der Waals surface area (Å²) in [5.41, 5.74) is 4.11. The van der Waals surface area contributed by atoms with Gasteiger partial charge in [-0.1, -0.05) is 53.5 Å². The van der Waals surface area contributed by atoms with Gasteiger partial charge in [0.1, 0.15) is 0 Å². The Morgan fingerprint density at radius 1 is 1.25 bits per heavy atom. The number of nitrogens with two attached hydrogens (primary N) is 1. The number of allylic oxidation sites excluding steroid dienone is 1. The monoisotopic (exact) mass is 228 g/mol. The van der Waals surface area contributed by atoms with E-state index in [-0.39, 0.29) is 0 Å². The van der Waals surface area contributed by atoms with Crippen molar-refractivity contribution >= 4 is 0 Å². The lowest BCUT2D eigenvalue weighted by Gasteiger charge is -2.14. The molecule has 0 fully saturated rings. The van der Waals surface area contributed by atoms with E-state index in [9.17, 15) is 0 Å². The van der Waals surface area contributed by atoms with Crippen molar-refractivity contribution < 1.29 is 0 Å². The fraction of sp³-hybridized carbons (Fsp3) is 0.857. The van der Waals surface area contributed by atoms with Crippen molar-refractivity contribution in [2.75, 3.05) is 0 Å². The summed E-state index contributed by atoms with van der Waals surface area (Å²) in [5.74, 6) is 6.78. The van der Waals surface area contributed by atoms with Gasteiger partial charge in [0, 0.05) is 6.20 Å². The molecule has 1 unspecified atom stereocenters. The third-order valence-electron chi connectivity index (χ3n) is 2.76. The molecular formula is C14H32N2. The van der Waals surface area contributed by atoms with Crippen molar-refractivity contribution in [2.24, 2.45) is 17.7 Å². The Bertz CT molecular complexity index is 162. The molecule has 0 aliphatic heterocycles. The Morgan fingerprint density at radius 2 is 1.81 bits per heavy atom. The van der Waals surface area contributed by atoms with Crippen LogP contribution < -0.4 is 11.3 Å². The largest absolute Gasteiger partial charge is 0.331 e. The van der Waals surface area contributed by atoms with E-state index in [1.165, 1.54) is 31.3 Å². The molecule has 1 atom stereocenters. The van der Waals surface area contributed by atoms with Crippen LogP contribution in [0.4, 0.5) is 0 Å². The van der Waals surface area contributed by atoms with Crippen LogP contribution in [-0.2, 0) is 0 Å². The summed E-state index contributed by atoms with van der Waals surface area (Å²) in [6.07, 6.45) is 6.91. The molecule has 0 spiro atoms. The minimum Gasteiger partial charge on any atom is -0.331 e. The quantitative estimate of drug-likeness (QED) is 0.505. The second-order valence-electron chi connectivity index (χ2n) is 4.48. The molecule has 0 heterocycles. The van der Waals surface area contributed by atoms with Crippen molar-refractivity contribution in [3.8, 4) is 0 Å².